The maximum Gasteiger partial charge on any atom is 0.115 e. The molecule has 0 aromatic carbocycles. The van der Waals surface area contributed by atoms with Crippen LogP contribution in [0.15, 0.2) is 41.8 Å². The largest absolute Gasteiger partial charge is 0.491 e. The molecule has 0 saturated heterocycles. The summed E-state index contributed by atoms with van der Waals surface area (Å²) >= 11 is 0. The predicted octanol–water partition coefficient (Wildman–Crippen LogP) is 3.09. The minimum absolute atomic E-state index is 0.159. The number of rotatable bonds is 5. The van der Waals surface area contributed by atoms with Crippen LogP contribution in [0.4, 0.5) is 0 Å². The quantitative estimate of drug-likeness (QED) is 0.361. The van der Waals surface area contributed by atoms with Crippen molar-refractivity contribution in [2.45, 2.75) is 26.9 Å². The van der Waals surface area contributed by atoms with E-state index in [-0.39, 0.29) is 6.10 Å². The summed E-state index contributed by atoms with van der Waals surface area (Å²) in [7, 11) is 0. The van der Waals surface area contributed by atoms with Crippen LogP contribution in [-0.2, 0) is 4.74 Å². The molecule has 0 spiro atoms. The molecule has 0 radical (unpaired) electrons. The zero-order valence-corrected chi connectivity index (χ0v) is 8.58. The average Bonchev–Trinajstić information content (AvgIpc) is 2.03. The van der Waals surface area contributed by atoms with Gasteiger partial charge < -0.3 is 4.74 Å². The van der Waals surface area contributed by atoms with Crippen molar-refractivity contribution in [3.63, 3.8) is 0 Å². The molecule has 0 aliphatic rings. The fourth-order valence-electron chi connectivity index (χ4n) is 0.686. The van der Waals surface area contributed by atoms with E-state index in [1.165, 1.54) is 6.20 Å². The van der Waals surface area contributed by atoms with E-state index in [0.717, 1.165) is 5.57 Å². The van der Waals surface area contributed by atoms with Gasteiger partial charge in [-0.25, -0.2) is 0 Å². The molecule has 0 saturated carbocycles. The Labute approximate surface area is 80.3 Å². The molecular formula is C11H17NO. The molecule has 0 atom stereocenters. The topological polar surface area (TPSA) is 21.6 Å². The maximum absolute atomic E-state index is 5.39. The third-order valence-electron chi connectivity index (χ3n) is 1.33. The van der Waals surface area contributed by atoms with Gasteiger partial charge in [0.05, 0.1) is 6.10 Å². The number of ether oxygens (including phenoxy) is 1. The molecule has 0 N–H and O–H groups in total. The molecule has 0 aliphatic carbocycles. The van der Waals surface area contributed by atoms with Crippen LogP contribution in [0.5, 0.6) is 0 Å². The summed E-state index contributed by atoms with van der Waals surface area (Å²) in [4.78, 5) is 3.84. The van der Waals surface area contributed by atoms with Crippen molar-refractivity contribution < 1.29 is 4.74 Å². The van der Waals surface area contributed by atoms with Gasteiger partial charge in [0.1, 0.15) is 5.76 Å². The molecule has 0 fully saturated rings. The van der Waals surface area contributed by atoms with Crippen molar-refractivity contribution >= 4 is 6.21 Å². The second-order valence-corrected chi connectivity index (χ2v) is 2.92. The summed E-state index contributed by atoms with van der Waals surface area (Å²) in [5.74, 6) is 0.686. The van der Waals surface area contributed by atoms with Crippen LogP contribution < -0.4 is 0 Å². The van der Waals surface area contributed by atoms with E-state index in [0.29, 0.717) is 5.76 Å². The van der Waals surface area contributed by atoms with Crippen LogP contribution in [0, 0.1) is 0 Å². The number of aliphatic imine (C=N–C) groups is 1. The SMILES string of the molecule is C=C/N=C\C=C(/C)C(=C)OC(C)C. The lowest BCUT2D eigenvalue weighted by atomic mass is 10.2. The second kappa shape index (κ2) is 6.23. The number of nitrogens with zero attached hydrogens (tertiary/aromatic N) is 1. The van der Waals surface area contributed by atoms with E-state index in [9.17, 15) is 0 Å². The Hall–Kier alpha value is -1.31. The maximum atomic E-state index is 5.39. The van der Waals surface area contributed by atoms with Gasteiger partial charge in [0.25, 0.3) is 0 Å². The highest BCUT2D eigenvalue weighted by Crippen LogP contribution is 2.09. The molecule has 2 heteroatoms. The van der Waals surface area contributed by atoms with Gasteiger partial charge in [0.2, 0.25) is 0 Å². The molecule has 0 aromatic heterocycles. The summed E-state index contributed by atoms with van der Waals surface area (Å²) in [6.07, 6.45) is 5.14. The predicted molar refractivity (Wildman–Crippen MR) is 57.8 cm³/mol. The van der Waals surface area contributed by atoms with E-state index < -0.39 is 0 Å². The minimum atomic E-state index is 0.159. The molecule has 2 nitrogen and oxygen atoms in total. The summed E-state index contributed by atoms with van der Waals surface area (Å²) < 4.78 is 5.39. The third-order valence-corrected chi connectivity index (χ3v) is 1.33. The standard InChI is InChI=1S/C11H17NO/c1-6-12-8-7-10(4)11(5)13-9(2)3/h6-9H,1,5H2,2-4H3/b10-7+,12-8-. The molecule has 0 rings (SSSR count). The Kier molecular flexibility index (Phi) is 5.60. The smallest absolute Gasteiger partial charge is 0.115 e. The van der Waals surface area contributed by atoms with Gasteiger partial charge in [0, 0.05) is 12.4 Å². The lowest BCUT2D eigenvalue weighted by Gasteiger charge is -2.11. The minimum Gasteiger partial charge on any atom is -0.491 e. The first-order valence-corrected chi connectivity index (χ1v) is 4.24. The van der Waals surface area contributed by atoms with Crippen molar-refractivity contribution in [1.29, 1.82) is 0 Å². The fourth-order valence-corrected chi connectivity index (χ4v) is 0.686. The Morgan fingerprint density at radius 3 is 2.54 bits per heavy atom. The zero-order chi connectivity index (χ0) is 10.3. The molecule has 0 aliphatic heterocycles. The van der Waals surface area contributed by atoms with Crippen molar-refractivity contribution in [1.82, 2.24) is 0 Å². The summed E-state index contributed by atoms with van der Waals surface area (Å²) in [5.41, 5.74) is 0.972. The van der Waals surface area contributed by atoms with Gasteiger partial charge in [-0.2, -0.15) is 0 Å². The van der Waals surface area contributed by atoms with Gasteiger partial charge >= 0.3 is 0 Å². The normalized spacial score (nSPS) is 12.2. The number of allylic oxidation sites excluding steroid dienone is 2. The van der Waals surface area contributed by atoms with Crippen LogP contribution >= 0.6 is 0 Å². The summed E-state index contributed by atoms with van der Waals surface area (Å²) in [5, 5.41) is 0. The van der Waals surface area contributed by atoms with Gasteiger partial charge in [-0.1, -0.05) is 13.2 Å². The zero-order valence-electron chi connectivity index (χ0n) is 8.58. The first-order chi connectivity index (χ1) is 6.07. The lowest BCUT2D eigenvalue weighted by molar-refractivity contribution is 0.155. The number of hydrogen-bond donors (Lipinski definition) is 0. The molecular weight excluding hydrogens is 162 g/mol. The molecule has 0 amide bonds. The van der Waals surface area contributed by atoms with E-state index in [4.69, 9.17) is 4.74 Å². The van der Waals surface area contributed by atoms with E-state index in [1.54, 1.807) is 6.21 Å². The molecule has 0 aromatic rings. The van der Waals surface area contributed by atoms with Crippen LogP contribution in [0.25, 0.3) is 0 Å². The van der Waals surface area contributed by atoms with Gasteiger partial charge in [-0.05, 0) is 32.4 Å². The Bertz CT molecular complexity index is 236. The van der Waals surface area contributed by atoms with Crippen LogP contribution in [0.1, 0.15) is 20.8 Å². The molecule has 0 unspecified atom stereocenters. The Morgan fingerprint density at radius 2 is 2.08 bits per heavy atom. The fraction of sp³-hybridized carbons (Fsp3) is 0.364. The third kappa shape index (κ3) is 5.91. The first-order valence-electron chi connectivity index (χ1n) is 4.24. The first kappa shape index (κ1) is 11.7. The van der Waals surface area contributed by atoms with Crippen LogP contribution in [0.3, 0.4) is 0 Å². The number of hydrogen-bond acceptors (Lipinski definition) is 2. The molecule has 72 valence electrons. The van der Waals surface area contributed by atoms with Gasteiger partial charge in [-0.15, -0.1) is 0 Å². The highest BCUT2D eigenvalue weighted by Gasteiger charge is 1.99. The van der Waals surface area contributed by atoms with Crippen LogP contribution in [-0.4, -0.2) is 12.3 Å². The van der Waals surface area contributed by atoms with Crippen molar-refractivity contribution in [3.05, 3.63) is 36.8 Å². The summed E-state index contributed by atoms with van der Waals surface area (Å²) in [6.45, 7) is 13.1. The highest BCUT2D eigenvalue weighted by atomic mass is 16.5. The molecule has 0 heterocycles. The monoisotopic (exact) mass is 179 g/mol. The van der Waals surface area contributed by atoms with E-state index in [2.05, 4.69) is 18.2 Å². The van der Waals surface area contributed by atoms with Crippen molar-refractivity contribution in [2.75, 3.05) is 0 Å². The Morgan fingerprint density at radius 1 is 1.46 bits per heavy atom. The lowest BCUT2D eigenvalue weighted by Crippen LogP contribution is -2.02. The van der Waals surface area contributed by atoms with Crippen molar-refractivity contribution in [2.24, 2.45) is 4.99 Å². The van der Waals surface area contributed by atoms with Gasteiger partial charge in [-0.3, -0.25) is 4.99 Å². The van der Waals surface area contributed by atoms with E-state index in [1.807, 2.05) is 26.8 Å². The molecule has 0 bridgehead atoms. The van der Waals surface area contributed by atoms with Gasteiger partial charge in [0.15, 0.2) is 0 Å². The summed E-state index contributed by atoms with van der Waals surface area (Å²) in [6, 6.07) is 0. The highest BCUT2D eigenvalue weighted by molar-refractivity contribution is 5.73. The Balaban J connectivity index is 4.16. The molecule has 13 heavy (non-hydrogen) atoms. The second-order valence-electron chi connectivity index (χ2n) is 2.92. The van der Waals surface area contributed by atoms with Crippen LogP contribution in [0.2, 0.25) is 0 Å². The van der Waals surface area contributed by atoms with Crippen molar-refractivity contribution in [3.8, 4) is 0 Å². The van der Waals surface area contributed by atoms with E-state index >= 15 is 0 Å². The average molecular weight is 179 g/mol.